The molecule has 8 heteroatoms. The number of carbonyl (C=O) groups is 2. The molecule has 2 bridgehead atoms. The highest BCUT2D eigenvalue weighted by Gasteiger charge is 2.87. The molecule has 0 spiro atoms. The number of methoxy groups -OCH3 is 2. The first-order valence-corrected chi connectivity index (χ1v) is 8.97. The molecule has 1 fully saturated rings. The van der Waals surface area contributed by atoms with Gasteiger partial charge >= 0.3 is 0 Å². The van der Waals surface area contributed by atoms with Crippen LogP contribution in [0.25, 0.3) is 0 Å². The third-order valence-electron chi connectivity index (χ3n) is 5.58. The fourth-order valence-electron chi connectivity index (χ4n) is 4.60. The second kappa shape index (κ2) is 5.22. The maximum Gasteiger partial charge on any atom is 0.218 e. The molecule has 1 aromatic rings. The number of hydrogen-bond donors (Lipinski definition) is 0. The van der Waals surface area contributed by atoms with Crippen LogP contribution in [0.2, 0.25) is 0 Å². The maximum atomic E-state index is 13.2. The smallest absolute Gasteiger partial charge is 0.218 e. The molecule has 0 N–H and O–H groups in total. The van der Waals surface area contributed by atoms with Crippen LogP contribution in [0.15, 0.2) is 34.3 Å². The van der Waals surface area contributed by atoms with Crippen LogP contribution in [-0.2, 0) is 9.47 Å². The van der Waals surface area contributed by atoms with Crippen molar-refractivity contribution < 1.29 is 19.1 Å². The molecule has 3 aliphatic carbocycles. The molecule has 0 aromatic heterocycles. The molecule has 132 valence electrons. The Balaban J connectivity index is 2.09. The highest BCUT2D eigenvalue weighted by molar-refractivity contribution is 6.54. The molecule has 3 aliphatic rings. The van der Waals surface area contributed by atoms with Crippen LogP contribution in [-0.4, -0.2) is 41.3 Å². The molecule has 0 heterocycles. The lowest BCUT2D eigenvalue weighted by Gasteiger charge is -2.40. The number of ether oxygens (including phenoxy) is 2. The van der Waals surface area contributed by atoms with Gasteiger partial charge in [0.25, 0.3) is 0 Å². The van der Waals surface area contributed by atoms with Crippen molar-refractivity contribution in [3.63, 3.8) is 0 Å². The van der Waals surface area contributed by atoms with E-state index < -0.39 is 27.4 Å². The zero-order chi connectivity index (χ0) is 18.4. The predicted octanol–water partition coefficient (Wildman–Crippen LogP) is 3.96. The molecular formula is C17H12Cl4O4. The van der Waals surface area contributed by atoms with Crippen LogP contribution >= 0.6 is 46.4 Å². The van der Waals surface area contributed by atoms with Crippen LogP contribution in [0.3, 0.4) is 0 Å². The quantitative estimate of drug-likeness (QED) is 0.535. The Labute approximate surface area is 164 Å². The Hall–Kier alpha value is -0.620. The minimum absolute atomic E-state index is 0.0312. The second-order valence-electron chi connectivity index (χ2n) is 6.31. The molecule has 1 aromatic carbocycles. The Morgan fingerprint density at radius 2 is 1.20 bits per heavy atom. The first-order chi connectivity index (χ1) is 11.7. The average Bonchev–Trinajstić information content (AvgIpc) is 2.88. The van der Waals surface area contributed by atoms with E-state index in [1.807, 2.05) is 0 Å². The van der Waals surface area contributed by atoms with Gasteiger partial charge in [-0.25, -0.2) is 0 Å². The van der Waals surface area contributed by atoms with E-state index >= 15 is 0 Å². The second-order valence-corrected chi connectivity index (χ2v) is 8.25. The lowest BCUT2D eigenvalue weighted by Crippen LogP contribution is -2.58. The Morgan fingerprint density at radius 1 is 0.840 bits per heavy atom. The van der Waals surface area contributed by atoms with Gasteiger partial charge < -0.3 is 9.47 Å². The molecule has 0 radical (unpaired) electrons. The summed E-state index contributed by atoms with van der Waals surface area (Å²) in [5.41, 5.74) is 0.562. The van der Waals surface area contributed by atoms with Gasteiger partial charge in [-0.3, -0.25) is 9.59 Å². The Morgan fingerprint density at radius 3 is 1.52 bits per heavy atom. The summed E-state index contributed by atoms with van der Waals surface area (Å²) in [6.07, 6.45) is 0. The number of alkyl halides is 2. The van der Waals surface area contributed by atoms with Crippen LogP contribution < -0.4 is 0 Å². The summed E-state index contributed by atoms with van der Waals surface area (Å²) in [7, 11) is 2.66. The normalized spacial score (nSPS) is 38.2. The number of ketones is 2. The molecule has 25 heavy (non-hydrogen) atoms. The molecule has 0 saturated heterocycles. The van der Waals surface area contributed by atoms with Crippen LogP contribution in [0.4, 0.5) is 0 Å². The van der Waals surface area contributed by atoms with E-state index in [0.29, 0.717) is 0 Å². The van der Waals surface area contributed by atoms with E-state index in [4.69, 9.17) is 55.9 Å². The minimum Gasteiger partial charge on any atom is -0.350 e. The van der Waals surface area contributed by atoms with Crippen molar-refractivity contribution in [1.82, 2.24) is 0 Å². The van der Waals surface area contributed by atoms with Crippen molar-refractivity contribution in [2.75, 3.05) is 14.2 Å². The highest BCUT2D eigenvalue weighted by Crippen LogP contribution is 2.75. The van der Waals surface area contributed by atoms with Crippen LogP contribution in [0.5, 0.6) is 0 Å². The van der Waals surface area contributed by atoms with E-state index in [-0.39, 0.29) is 32.8 Å². The SMILES string of the molecule is COC1(OC)[C@@]2(Cl)C(Cl)=C(Cl)[C@@]1(Cl)[C@H]1C(=O)c3ccccc3C(=O)[C@@H]12. The fraction of sp³-hybridized carbons (Fsp3) is 0.412. The summed E-state index contributed by atoms with van der Waals surface area (Å²) < 4.78 is 11.1. The van der Waals surface area contributed by atoms with Crippen molar-refractivity contribution in [2.45, 2.75) is 15.5 Å². The molecule has 0 unspecified atom stereocenters. The molecule has 4 rings (SSSR count). The zero-order valence-corrected chi connectivity index (χ0v) is 16.1. The largest absolute Gasteiger partial charge is 0.350 e. The molecule has 0 amide bonds. The lowest BCUT2D eigenvalue weighted by atomic mass is 9.69. The van der Waals surface area contributed by atoms with Gasteiger partial charge in [0.2, 0.25) is 5.79 Å². The standard InChI is InChI=1S/C17H12Cl4O4/c1-24-17(25-2)15(20)9-10(16(17,21)14(19)13(15)18)12(23)8-6-4-3-5-7(8)11(9)22/h3-6,9-10H,1-2H3/t9-,10-,15+,16+/m1/s1. The number of halogens is 4. The van der Waals surface area contributed by atoms with E-state index in [1.165, 1.54) is 14.2 Å². The summed E-state index contributed by atoms with van der Waals surface area (Å²) in [6.45, 7) is 0. The van der Waals surface area contributed by atoms with Gasteiger partial charge in [0.05, 0.1) is 21.9 Å². The Kier molecular flexibility index (Phi) is 3.71. The minimum atomic E-state index is -1.76. The average molecular weight is 422 g/mol. The van der Waals surface area contributed by atoms with Gasteiger partial charge in [-0.05, 0) is 0 Å². The number of Topliss-reactive ketones (excluding diaryl/α,β-unsaturated/α-hetero) is 2. The van der Waals surface area contributed by atoms with Crippen molar-refractivity contribution in [3.8, 4) is 0 Å². The van der Waals surface area contributed by atoms with Gasteiger partial charge in [0.15, 0.2) is 11.6 Å². The summed E-state index contributed by atoms with van der Waals surface area (Å²) in [5.74, 6) is -4.54. The number of fused-ring (bicyclic) bond motifs is 6. The number of rotatable bonds is 2. The number of carbonyl (C=O) groups excluding carboxylic acids is 2. The third kappa shape index (κ3) is 1.57. The van der Waals surface area contributed by atoms with Gasteiger partial charge in [0.1, 0.15) is 9.75 Å². The summed E-state index contributed by atoms with van der Waals surface area (Å²) in [6, 6.07) is 6.53. The van der Waals surface area contributed by atoms with Gasteiger partial charge in [-0.2, -0.15) is 0 Å². The zero-order valence-electron chi connectivity index (χ0n) is 13.1. The topological polar surface area (TPSA) is 52.6 Å². The van der Waals surface area contributed by atoms with E-state index in [1.54, 1.807) is 24.3 Å². The molecular weight excluding hydrogens is 410 g/mol. The van der Waals surface area contributed by atoms with Gasteiger partial charge in [-0.1, -0.05) is 47.5 Å². The van der Waals surface area contributed by atoms with Gasteiger partial charge in [0, 0.05) is 25.3 Å². The summed E-state index contributed by atoms with van der Waals surface area (Å²) in [4.78, 5) is 23.0. The molecule has 4 atom stereocenters. The third-order valence-corrected chi connectivity index (χ3v) is 8.19. The first kappa shape index (κ1) is 17.8. The molecule has 4 nitrogen and oxygen atoms in total. The highest BCUT2D eigenvalue weighted by atomic mass is 35.5. The van der Waals surface area contributed by atoms with E-state index in [2.05, 4.69) is 0 Å². The summed E-state index contributed by atoms with van der Waals surface area (Å²) >= 11 is 26.5. The lowest BCUT2D eigenvalue weighted by molar-refractivity contribution is -0.219. The maximum absolute atomic E-state index is 13.2. The Bertz CT molecular complexity index is 797. The monoisotopic (exact) mass is 420 g/mol. The fourth-order valence-corrected chi connectivity index (χ4v) is 6.78. The van der Waals surface area contributed by atoms with E-state index in [0.717, 1.165) is 0 Å². The van der Waals surface area contributed by atoms with Gasteiger partial charge in [-0.15, -0.1) is 23.2 Å². The first-order valence-electron chi connectivity index (χ1n) is 7.45. The van der Waals surface area contributed by atoms with Crippen LogP contribution in [0, 0.1) is 11.8 Å². The van der Waals surface area contributed by atoms with Crippen molar-refractivity contribution in [1.29, 1.82) is 0 Å². The van der Waals surface area contributed by atoms with Crippen LogP contribution in [0.1, 0.15) is 20.7 Å². The molecule has 1 saturated carbocycles. The number of hydrogen-bond acceptors (Lipinski definition) is 4. The predicted molar refractivity (Wildman–Crippen MR) is 94.7 cm³/mol. The molecule has 0 aliphatic heterocycles. The van der Waals surface area contributed by atoms with Crippen molar-refractivity contribution in [2.24, 2.45) is 11.8 Å². The van der Waals surface area contributed by atoms with Crippen molar-refractivity contribution in [3.05, 3.63) is 45.5 Å². The van der Waals surface area contributed by atoms with Crippen molar-refractivity contribution >= 4 is 58.0 Å². The number of benzene rings is 1. The van der Waals surface area contributed by atoms with E-state index in [9.17, 15) is 9.59 Å². The summed E-state index contributed by atoms with van der Waals surface area (Å²) in [5, 5.41) is -0.0624.